The Kier molecular flexibility index (Phi) is 6.42. The van der Waals surface area contributed by atoms with Crippen molar-refractivity contribution in [3.05, 3.63) is 66.2 Å². The van der Waals surface area contributed by atoms with Crippen LogP contribution in [0, 0.1) is 6.92 Å². The second-order valence-electron chi connectivity index (χ2n) is 7.27. The van der Waals surface area contributed by atoms with Gasteiger partial charge in [-0.2, -0.15) is 0 Å². The Morgan fingerprint density at radius 2 is 1.38 bits per heavy atom. The van der Waals surface area contributed by atoms with Crippen molar-refractivity contribution in [2.75, 3.05) is 26.1 Å². The van der Waals surface area contributed by atoms with Crippen molar-refractivity contribution in [1.82, 2.24) is 10.2 Å². The molecule has 0 atom stereocenters. The molecular weight excluding hydrogens is 458 g/mol. The highest BCUT2D eigenvalue weighted by molar-refractivity contribution is 7.92. The first-order valence-corrected chi connectivity index (χ1v) is 11.7. The molecule has 0 fully saturated rings. The average molecular weight is 482 g/mol. The zero-order chi connectivity index (χ0) is 24.3. The standard InChI is InChI=1S/C24H23N3O6S/c1-15-9-10-17(14-22(15)34(28,29)27-18-7-5-6-8-19(18)30-2)24-26-25-23(33-24)16-11-12-20(31-3)21(13-16)32-4/h5-14,27H,1-4H3. The van der Waals surface area contributed by atoms with Gasteiger partial charge in [-0.05, 0) is 55.0 Å². The minimum absolute atomic E-state index is 0.0850. The number of rotatable bonds is 8. The van der Waals surface area contributed by atoms with Gasteiger partial charge >= 0.3 is 0 Å². The van der Waals surface area contributed by atoms with E-state index in [1.54, 1.807) is 68.6 Å². The Hall–Kier alpha value is -4.05. The zero-order valence-electron chi connectivity index (χ0n) is 19.0. The molecule has 0 aliphatic rings. The molecule has 10 heteroatoms. The zero-order valence-corrected chi connectivity index (χ0v) is 19.8. The van der Waals surface area contributed by atoms with Gasteiger partial charge in [-0.25, -0.2) is 8.42 Å². The van der Waals surface area contributed by atoms with E-state index in [1.165, 1.54) is 20.3 Å². The second-order valence-corrected chi connectivity index (χ2v) is 8.92. The largest absolute Gasteiger partial charge is 0.495 e. The first-order chi connectivity index (χ1) is 16.4. The number of methoxy groups -OCH3 is 3. The summed E-state index contributed by atoms with van der Waals surface area (Å²) in [6, 6.07) is 16.9. The van der Waals surface area contributed by atoms with Crippen molar-refractivity contribution in [2.45, 2.75) is 11.8 Å². The van der Waals surface area contributed by atoms with E-state index < -0.39 is 10.0 Å². The molecule has 0 saturated carbocycles. The lowest BCUT2D eigenvalue weighted by Gasteiger charge is -2.13. The predicted molar refractivity (Wildman–Crippen MR) is 127 cm³/mol. The molecule has 1 heterocycles. The lowest BCUT2D eigenvalue weighted by atomic mass is 10.1. The predicted octanol–water partition coefficient (Wildman–Crippen LogP) is 4.54. The van der Waals surface area contributed by atoms with Crippen LogP contribution in [0.2, 0.25) is 0 Å². The van der Waals surface area contributed by atoms with E-state index in [2.05, 4.69) is 14.9 Å². The summed E-state index contributed by atoms with van der Waals surface area (Å²) in [6.45, 7) is 1.71. The highest BCUT2D eigenvalue weighted by atomic mass is 32.2. The summed E-state index contributed by atoms with van der Waals surface area (Å²) in [4.78, 5) is 0.0850. The van der Waals surface area contributed by atoms with Gasteiger partial charge in [-0.1, -0.05) is 18.2 Å². The van der Waals surface area contributed by atoms with E-state index in [-0.39, 0.29) is 16.7 Å². The lowest BCUT2D eigenvalue weighted by molar-refractivity contribution is 0.355. The van der Waals surface area contributed by atoms with Crippen molar-refractivity contribution < 1.29 is 27.0 Å². The van der Waals surface area contributed by atoms with Crippen LogP contribution in [0.3, 0.4) is 0 Å². The summed E-state index contributed by atoms with van der Waals surface area (Å²) in [5.74, 6) is 1.94. The third-order valence-electron chi connectivity index (χ3n) is 5.13. The van der Waals surface area contributed by atoms with Crippen LogP contribution < -0.4 is 18.9 Å². The summed E-state index contributed by atoms with van der Waals surface area (Å²) in [5.41, 5.74) is 1.99. The number of aryl methyl sites for hydroxylation is 1. The number of anilines is 1. The first-order valence-electron chi connectivity index (χ1n) is 10.2. The number of sulfonamides is 1. The molecule has 4 aromatic rings. The molecule has 34 heavy (non-hydrogen) atoms. The molecule has 1 aromatic heterocycles. The molecular formula is C24H23N3O6S. The van der Waals surface area contributed by atoms with Crippen LogP contribution in [0.4, 0.5) is 5.69 Å². The van der Waals surface area contributed by atoms with E-state index in [9.17, 15) is 8.42 Å². The van der Waals surface area contributed by atoms with Crippen LogP contribution in [0.15, 0.2) is 70.0 Å². The van der Waals surface area contributed by atoms with Gasteiger partial charge in [0.2, 0.25) is 11.8 Å². The van der Waals surface area contributed by atoms with Crippen LogP contribution in [0.25, 0.3) is 22.9 Å². The van der Waals surface area contributed by atoms with E-state index in [0.29, 0.717) is 39.6 Å². The molecule has 0 aliphatic heterocycles. The molecule has 0 radical (unpaired) electrons. The smallest absolute Gasteiger partial charge is 0.262 e. The van der Waals surface area contributed by atoms with Crippen molar-refractivity contribution in [3.8, 4) is 40.2 Å². The highest BCUT2D eigenvalue weighted by Gasteiger charge is 2.21. The number of aromatic nitrogens is 2. The summed E-state index contributed by atoms with van der Waals surface area (Å²) in [7, 11) is 0.643. The Balaban J connectivity index is 1.67. The van der Waals surface area contributed by atoms with Crippen molar-refractivity contribution in [1.29, 1.82) is 0 Å². The highest BCUT2D eigenvalue weighted by Crippen LogP contribution is 2.34. The number of hydrogen-bond donors (Lipinski definition) is 1. The molecule has 9 nitrogen and oxygen atoms in total. The van der Waals surface area contributed by atoms with Crippen LogP contribution in [-0.2, 0) is 10.0 Å². The molecule has 4 rings (SSSR count). The molecule has 0 aliphatic carbocycles. The number of hydrogen-bond acceptors (Lipinski definition) is 8. The fraction of sp³-hybridized carbons (Fsp3) is 0.167. The molecule has 3 aromatic carbocycles. The number of benzene rings is 3. The van der Waals surface area contributed by atoms with Gasteiger partial charge in [0.1, 0.15) is 5.75 Å². The molecule has 1 N–H and O–H groups in total. The molecule has 0 spiro atoms. The number of ether oxygens (including phenoxy) is 3. The van der Waals surface area contributed by atoms with E-state index in [0.717, 1.165) is 0 Å². The molecule has 176 valence electrons. The summed E-state index contributed by atoms with van der Waals surface area (Å²) in [6.07, 6.45) is 0. The number of nitrogens with zero attached hydrogens (tertiary/aromatic N) is 2. The van der Waals surface area contributed by atoms with Crippen molar-refractivity contribution >= 4 is 15.7 Å². The fourth-order valence-corrected chi connectivity index (χ4v) is 4.72. The van der Waals surface area contributed by atoms with Gasteiger partial charge in [0.25, 0.3) is 10.0 Å². The minimum atomic E-state index is -3.92. The van der Waals surface area contributed by atoms with Crippen LogP contribution >= 0.6 is 0 Å². The Bertz CT molecular complexity index is 1430. The van der Waals surface area contributed by atoms with Gasteiger partial charge in [-0.15, -0.1) is 10.2 Å². The van der Waals surface area contributed by atoms with Crippen LogP contribution in [-0.4, -0.2) is 39.9 Å². The lowest BCUT2D eigenvalue weighted by Crippen LogP contribution is -2.15. The van der Waals surface area contributed by atoms with Gasteiger partial charge in [0.15, 0.2) is 11.5 Å². The Morgan fingerprint density at radius 3 is 2.06 bits per heavy atom. The van der Waals surface area contributed by atoms with Gasteiger partial charge < -0.3 is 18.6 Å². The maximum Gasteiger partial charge on any atom is 0.262 e. The van der Waals surface area contributed by atoms with Crippen molar-refractivity contribution in [3.63, 3.8) is 0 Å². The molecule has 0 bridgehead atoms. The van der Waals surface area contributed by atoms with Crippen LogP contribution in [0.5, 0.6) is 17.2 Å². The monoisotopic (exact) mass is 481 g/mol. The summed E-state index contributed by atoms with van der Waals surface area (Å²) < 4.78 is 50.6. The maximum absolute atomic E-state index is 13.2. The van der Waals surface area contributed by atoms with Gasteiger partial charge in [-0.3, -0.25) is 4.72 Å². The molecule has 0 unspecified atom stereocenters. The van der Waals surface area contributed by atoms with Crippen molar-refractivity contribution in [2.24, 2.45) is 0 Å². The normalized spacial score (nSPS) is 11.2. The first kappa shape index (κ1) is 23.1. The summed E-state index contributed by atoms with van der Waals surface area (Å²) >= 11 is 0. The molecule has 0 amide bonds. The minimum Gasteiger partial charge on any atom is -0.495 e. The Morgan fingerprint density at radius 1 is 0.765 bits per heavy atom. The fourth-order valence-electron chi connectivity index (χ4n) is 3.38. The summed E-state index contributed by atoms with van der Waals surface area (Å²) in [5, 5.41) is 8.20. The van der Waals surface area contributed by atoms with Gasteiger partial charge in [0, 0.05) is 11.1 Å². The number of para-hydroxylation sites is 2. The average Bonchev–Trinajstić information content (AvgIpc) is 3.34. The van der Waals surface area contributed by atoms with E-state index in [1.807, 2.05) is 0 Å². The van der Waals surface area contributed by atoms with Crippen LogP contribution in [0.1, 0.15) is 5.56 Å². The third kappa shape index (κ3) is 4.53. The topological polar surface area (TPSA) is 113 Å². The second kappa shape index (κ2) is 9.44. The SMILES string of the molecule is COc1ccccc1NS(=O)(=O)c1cc(-c2nnc(-c3ccc(OC)c(OC)c3)o2)ccc1C. The molecule has 0 saturated heterocycles. The van der Waals surface area contributed by atoms with E-state index >= 15 is 0 Å². The van der Waals surface area contributed by atoms with E-state index in [4.69, 9.17) is 18.6 Å². The maximum atomic E-state index is 13.2. The Labute approximate surface area is 197 Å². The van der Waals surface area contributed by atoms with Gasteiger partial charge in [0.05, 0.1) is 31.9 Å². The number of nitrogens with one attached hydrogen (secondary N) is 1. The third-order valence-corrected chi connectivity index (χ3v) is 6.64. The quantitative estimate of drug-likeness (QED) is 0.390.